The van der Waals surface area contributed by atoms with Gasteiger partial charge in [0.1, 0.15) is 0 Å². The molecule has 0 bridgehead atoms. The number of hydrogen-bond donors (Lipinski definition) is 2. The molecule has 17 heavy (non-hydrogen) atoms. The molecule has 5 nitrogen and oxygen atoms in total. The normalized spacial score (nSPS) is 10.4. The lowest BCUT2D eigenvalue weighted by Crippen LogP contribution is -2.42. The summed E-state index contributed by atoms with van der Waals surface area (Å²) in [6.45, 7) is 7.74. The number of amides is 2. The molecule has 0 rings (SSSR count). The number of nitrogens with one attached hydrogen (secondary N) is 1. The third-order valence-electron chi connectivity index (χ3n) is 2.92. The second kappa shape index (κ2) is 8.84. The summed E-state index contributed by atoms with van der Waals surface area (Å²) in [6.07, 6.45) is 2.07. The third kappa shape index (κ3) is 6.81. The zero-order valence-corrected chi connectivity index (χ0v) is 11.0. The molecule has 2 amide bonds. The van der Waals surface area contributed by atoms with Crippen molar-refractivity contribution in [3.05, 3.63) is 0 Å². The number of hydrogen-bond acceptors (Lipinski definition) is 2. The maximum absolute atomic E-state index is 11.7. The fourth-order valence-electron chi connectivity index (χ4n) is 1.60. The van der Waals surface area contributed by atoms with Crippen LogP contribution in [0.5, 0.6) is 0 Å². The first kappa shape index (κ1) is 15.7. The Bertz CT molecular complexity index is 240. The summed E-state index contributed by atoms with van der Waals surface area (Å²) in [7, 11) is 0. The van der Waals surface area contributed by atoms with Gasteiger partial charge in [-0.25, -0.2) is 4.79 Å². The van der Waals surface area contributed by atoms with Gasteiger partial charge in [0, 0.05) is 19.6 Å². The van der Waals surface area contributed by atoms with E-state index in [9.17, 15) is 9.59 Å². The van der Waals surface area contributed by atoms with Crippen molar-refractivity contribution >= 4 is 12.0 Å². The third-order valence-corrected chi connectivity index (χ3v) is 2.92. The number of carbonyl (C=O) groups is 2. The molecule has 0 unspecified atom stereocenters. The Hall–Kier alpha value is -1.26. The molecule has 0 saturated heterocycles. The first-order valence-corrected chi connectivity index (χ1v) is 6.29. The Morgan fingerprint density at radius 1 is 1.24 bits per heavy atom. The van der Waals surface area contributed by atoms with Crippen LogP contribution in [0.25, 0.3) is 0 Å². The van der Waals surface area contributed by atoms with E-state index in [0.29, 0.717) is 12.5 Å². The second-order valence-electron chi connectivity index (χ2n) is 4.10. The largest absolute Gasteiger partial charge is 0.481 e. The van der Waals surface area contributed by atoms with Crippen LogP contribution in [0, 0.1) is 5.92 Å². The van der Waals surface area contributed by atoms with E-state index in [2.05, 4.69) is 19.2 Å². The van der Waals surface area contributed by atoms with Crippen LogP contribution in [0.4, 0.5) is 4.79 Å². The van der Waals surface area contributed by atoms with Gasteiger partial charge in [-0.15, -0.1) is 0 Å². The summed E-state index contributed by atoms with van der Waals surface area (Å²) < 4.78 is 0. The molecule has 0 aliphatic heterocycles. The minimum Gasteiger partial charge on any atom is -0.481 e. The summed E-state index contributed by atoms with van der Waals surface area (Å²) in [5, 5.41) is 11.1. The van der Waals surface area contributed by atoms with Gasteiger partial charge in [0.05, 0.1) is 6.42 Å². The molecule has 2 N–H and O–H groups in total. The van der Waals surface area contributed by atoms with E-state index in [0.717, 1.165) is 19.4 Å². The smallest absolute Gasteiger partial charge is 0.317 e. The van der Waals surface area contributed by atoms with Crippen molar-refractivity contribution in [1.29, 1.82) is 0 Å². The predicted molar refractivity (Wildman–Crippen MR) is 67.0 cm³/mol. The van der Waals surface area contributed by atoms with Gasteiger partial charge < -0.3 is 15.3 Å². The summed E-state index contributed by atoms with van der Waals surface area (Å²) in [4.78, 5) is 23.8. The molecule has 0 spiro atoms. The van der Waals surface area contributed by atoms with Crippen molar-refractivity contribution in [3.8, 4) is 0 Å². The first-order chi connectivity index (χ1) is 8.04. The molecule has 0 aromatic rings. The van der Waals surface area contributed by atoms with Crippen LogP contribution in [0.15, 0.2) is 0 Å². The van der Waals surface area contributed by atoms with Gasteiger partial charge in [0.15, 0.2) is 0 Å². The molecule has 0 aromatic carbocycles. The molecule has 0 aliphatic carbocycles. The predicted octanol–water partition coefficient (Wildman–Crippen LogP) is 1.93. The molecule has 0 heterocycles. The zero-order chi connectivity index (χ0) is 13.3. The molecule has 0 atom stereocenters. The van der Waals surface area contributed by atoms with Crippen molar-refractivity contribution in [2.24, 2.45) is 5.92 Å². The van der Waals surface area contributed by atoms with Crippen LogP contribution in [0.3, 0.4) is 0 Å². The van der Waals surface area contributed by atoms with E-state index in [4.69, 9.17) is 5.11 Å². The number of rotatable bonds is 8. The maximum Gasteiger partial charge on any atom is 0.317 e. The Morgan fingerprint density at radius 3 is 2.24 bits per heavy atom. The molecular weight excluding hydrogens is 220 g/mol. The maximum atomic E-state index is 11.7. The number of aliphatic carboxylic acids is 1. The van der Waals surface area contributed by atoms with Crippen molar-refractivity contribution in [2.75, 3.05) is 19.6 Å². The van der Waals surface area contributed by atoms with E-state index in [-0.39, 0.29) is 19.0 Å². The van der Waals surface area contributed by atoms with Crippen LogP contribution < -0.4 is 5.32 Å². The summed E-state index contributed by atoms with van der Waals surface area (Å²) >= 11 is 0. The minimum atomic E-state index is -0.895. The average molecular weight is 244 g/mol. The molecule has 0 saturated carbocycles. The van der Waals surface area contributed by atoms with Crippen molar-refractivity contribution in [2.45, 2.75) is 40.0 Å². The van der Waals surface area contributed by atoms with Gasteiger partial charge in [-0.05, 0) is 12.8 Å². The Morgan fingerprint density at radius 2 is 1.82 bits per heavy atom. The van der Waals surface area contributed by atoms with E-state index in [1.807, 2.05) is 6.92 Å². The molecule has 0 aliphatic rings. The number of carboxylic acid groups (broad SMARTS) is 1. The first-order valence-electron chi connectivity index (χ1n) is 6.29. The number of nitrogens with zero attached hydrogens (tertiary/aromatic N) is 1. The topological polar surface area (TPSA) is 69.6 Å². The monoisotopic (exact) mass is 244 g/mol. The minimum absolute atomic E-state index is 0.0335. The van der Waals surface area contributed by atoms with Gasteiger partial charge in [-0.1, -0.05) is 26.7 Å². The fraction of sp³-hybridized carbons (Fsp3) is 0.833. The average Bonchev–Trinajstić information content (AvgIpc) is 2.30. The standard InChI is InChI=1S/C12H24N2O3/c1-4-10(5-2)9-14(6-3)12(17)13-8-7-11(15)16/h10H,4-9H2,1-3H3,(H,13,17)(H,15,16). The number of carbonyl (C=O) groups excluding carboxylic acids is 1. The van der Waals surface area contributed by atoms with Crippen LogP contribution in [0.2, 0.25) is 0 Å². The van der Waals surface area contributed by atoms with Gasteiger partial charge in [-0.2, -0.15) is 0 Å². The summed E-state index contributed by atoms with van der Waals surface area (Å²) in [6, 6.07) is -0.166. The van der Waals surface area contributed by atoms with Gasteiger partial charge in [0.2, 0.25) is 0 Å². The molecular formula is C12H24N2O3. The van der Waals surface area contributed by atoms with E-state index in [1.54, 1.807) is 4.90 Å². The van der Waals surface area contributed by atoms with Crippen molar-refractivity contribution in [1.82, 2.24) is 10.2 Å². The zero-order valence-electron chi connectivity index (χ0n) is 11.0. The highest BCUT2D eigenvalue weighted by molar-refractivity contribution is 5.75. The molecule has 0 fully saturated rings. The van der Waals surface area contributed by atoms with Crippen molar-refractivity contribution < 1.29 is 14.7 Å². The van der Waals surface area contributed by atoms with Gasteiger partial charge in [0.25, 0.3) is 0 Å². The van der Waals surface area contributed by atoms with Crippen molar-refractivity contribution in [3.63, 3.8) is 0 Å². The highest BCUT2D eigenvalue weighted by Gasteiger charge is 2.15. The molecule has 100 valence electrons. The lowest BCUT2D eigenvalue weighted by molar-refractivity contribution is -0.136. The van der Waals surface area contributed by atoms with Crippen LogP contribution in [-0.2, 0) is 4.79 Å². The van der Waals surface area contributed by atoms with Gasteiger partial charge >= 0.3 is 12.0 Å². The van der Waals surface area contributed by atoms with Crippen LogP contribution >= 0.6 is 0 Å². The second-order valence-corrected chi connectivity index (χ2v) is 4.10. The lowest BCUT2D eigenvalue weighted by atomic mass is 10.0. The van der Waals surface area contributed by atoms with Crippen LogP contribution in [-0.4, -0.2) is 41.6 Å². The summed E-state index contributed by atoms with van der Waals surface area (Å²) in [5.74, 6) is -0.381. The number of urea groups is 1. The fourth-order valence-corrected chi connectivity index (χ4v) is 1.60. The van der Waals surface area contributed by atoms with E-state index < -0.39 is 5.97 Å². The highest BCUT2D eigenvalue weighted by atomic mass is 16.4. The Labute approximate surface area is 103 Å². The SMILES string of the molecule is CCC(CC)CN(CC)C(=O)NCCC(=O)O. The highest BCUT2D eigenvalue weighted by Crippen LogP contribution is 2.09. The molecule has 0 radical (unpaired) electrons. The van der Waals surface area contributed by atoms with Crippen LogP contribution in [0.1, 0.15) is 40.0 Å². The molecule has 0 aromatic heterocycles. The van der Waals surface area contributed by atoms with E-state index >= 15 is 0 Å². The number of carboxylic acids is 1. The quantitative estimate of drug-likeness (QED) is 0.685. The van der Waals surface area contributed by atoms with E-state index in [1.165, 1.54) is 0 Å². The lowest BCUT2D eigenvalue weighted by Gasteiger charge is -2.25. The Balaban J connectivity index is 4.07. The summed E-state index contributed by atoms with van der Waals surface area (Å²) in [5.41, 5.74) is 0. The Kier molecular flexibility index (Phi) is 8.19. The molecule has 5 heteroatoms. The van der Waals surface area contributed by atoms with Gasteiger partial charge in [-0.3, -0.25) is 4.79 Å².